The van der Waals surface area contributed by atoms with Crippen LogP contribution in [0.15, 0.2) is 60.9 Å². The topological polar surface area (TPSA) is 210 Å². The van der Waals surface area contributed by atoms with E-state index in [0.29, 0.717) is 36.6 Å². The molecule has 0 unspecified atom stereocenters. The van der Waals surface area contributed by atoms with Crippen LogP contribution in [0.4, 0.5) is 39.4 Å². The molecule has 8 rings (SSSR count). The minimum Gasteiger partial charge on any atom is -0.444 e. The van der Waals surface area contributed by atoms with E-state index in [2.05, 4.69) is 70.0 Å². The SMILES string of the molecule is CC(C)(C)OC(=O)N1CCC(c2ccc(Nc3nc(N4CCCC4)cnc3C(N)=O)cc2)CC1.Cl.NC(=O)c1ncc(N2CCCC2)nc1Nc1ccc(C2CCNCC2)cc1.[HH].[HH]. The molecule has 4 aliphatic rings. The van der Waals surface area contributed by atoms with E-state index in [9.17, 15) is 14.4 Å². The zero-order chi connectivity index (χ0) is 42.9. The van der Waals surface area contributed by atoms with Crippen LogP contribution >= 0.6 is 12.4 Å². The number of piperidine rings is 2. The second kappa shape index (κ2) is 20.9. The van der Waals surface area contributed by atoms with Crippen LogP contribution < -0.4 is 37.2 Å². The number of carbonyl (C=O) groups is 3. The number of nitrogens with one attached hydrogen (secondary N) is 3. The average Bonchev–Trinajstić information content (AvgIpc) is 4.01. The Morgan fingerprint density at radius 3 is 1.45 bits per heavy atom. The maximum atomic E-state index is 12.3. The Morgan fingerprint density at radius 1 is 0.661 bits per heavy atom. The summed E-state index contributed by atoms with van der Waals surface area (Å²) in [6.45, 7) is 13.0. The Labute approximate surface area is 373 Å². The number of halogens is 1. The Morgan fingerprint density at radius 2 is 1.06 bits per heavy atom. The summed E-state index contributed by atoms with van der Waals surface area (Å²) in [6, 6.07) is 16.5. The molecule has 2 aromatic carbocycles. The molecule has 0 radical (unpaired) electrons. The van der Waals surface area contributed by atoms with Crippen LogP contribution in [0.2, 0.25) is 0 Å². The number of aromatic nitrogens is 4. The first-order chi connectivity index (χ1) is 29.4. The van der Waals surface area contributed by atoms with Gasteiger partial charge in [-0.25, -0.2) is 24.7 Å². The van der Waals surface area contributed by atoms with Gasteiger partial charge >= 0.3 is 6.09 Å². The molecule has 3 amide bonds. The number of nitrogens with zero attached hydrogens (tertiary/aromatic N) is 7. The quantitative estimate of drug-likeness (QED) is 0.106. The van der Waals surface area contributed by atoms with Crippen LogP contribution in [0.1, 0.15) is 119 Å². The van der Waals surface area contributed by atoms with E-state index in [1.54, 1.807) is 17.3 Å². The van der Waals surface area contributed by atoms with Crippen molar-refractivity contribution in [2.45, 2.75) is 89.6 Å². The van der Waals surface area contributed by atoms with Gasteiger partial charge in [-0.1, -0.05) is 24.3 Å². The van der Waals surface area contributed by atoms with Gasteiger partial charge in [0.15, 0.2) is 23.0 Å². The summed E-state index contributed by atoms with van der Waals surface area (Å²) in [5.74, 6) is 2.12. The van der Waals surface area contributed by atoms with Gasteiger partial charge in [0.25, 0.3) is 11.8 Å². The van der Waals surface area contributed by atoms with Crippen molar-refractivity contribution in [2.24, 2.45) is 11.5 Å². The third-order valence-corrected chi connectivity index (χ3v) is 11.6. The molecular formula is C45H65ClN12O4. The molecule has 6 heterocycles. The van der Waals surface area contributed by atoms with Crippen molar-refractivity contribution in [3.63, 3.8) is 0 Å². The Balaban J connectivity index is 0.000000274. The normalized spacial score (nSPS) is 17.1. The Hall–Kier alpha value is -5.74. The summed E-state index contributed by atoms with van der Waals surface area (Å²) in [7, 11) is 0. The average molecular weight is 874 g/mol. The van der Waals surface area contributed by atoms with Crippen molar-refractivity contribution in [1.82, 2.24) is 30.2 Å². The molecule has 0 spiro atoms. The summed E-state index contributed by atoms with van der Waals surface area (Å²) in [4.78, 5) is 59.9. The maximum absolute atomic E-state index is 12.3. The van der Waals surface area contributed by atoms with Crippen molar-refractivity contribution < 1.29 is 22.0 Å². The predicted octanol–water partition coefficient (Wildman–Crippen LogP) is 7.33. The van der Waals surface area contributed by atoms with Gasteiger partial charge in [-0.3, -0.25) is 9.59 Å². The number of anilines is 6. The van der Waals surface area contributed by atoms with Crippen molar-refractivity contribution in [3.8, 4) is 0 Å². The third kappa shape index (κ3) is 12.0. The molecule has 62 heavy (non-hydrogen) atoms. The van der Waals surface area contributed by atoms with Gasteiger partial charge in [0.2, 0.25) is 0 Å². The Bertz CT molecular complexity index is 2140. The van der Waals surface area contributed by atoms with Crippen LogP contribution in [0.5, 0.6) is 0 Å². The molecule has 2 aromatic heterocycles. The number of primary amides is 2. The lowest BCUT2D eigenvalue weighted by Crippen LogP contribution is -2.41. The van der Waals surface area contributed by atoms with Crippen LogP contribution in [0.25, 0.3) is 0 Å². The highest BCUT2D eigenvalue weighted by molar-refractivity contribution is 5.97. The standard InChI is InChI=1S/C25H34N6O3.C20H26N6O.ClH.2H2/c1-25(2,3)34-24(33)31-14-10-18(11-15-31)17-6-8-19(9-7-17)28-23-21(22(26)32)27-16-20(29-23)30-12-4-5-13-30;21-19(27)18-20(25-17(13-23-18)26-11-1-2-12-26)24-16-5-3-14(4-6-16)15-7-9-22-10-8-15;;;/h6-9,16,18H,4-5,10-15H2,1-3H3,(H2,26,32)(H,28,29);3-6,13,15,22H,1-2,7-12H2,(H2,21,27)(H,24,25);3*1H. The zero-order valence-electron chi connectivity index (χ0n) is 36.1. The molecule has 0 atom stereocenters. The number of ether oxygens (including phenoxy) is 1. The largest absolute Gasteiger partial charge is 0.444 e. The Kier molecular flexibility index (Phi) is 15.4. The van der Waals surface area contributed by atoms with E-state index < -0.39 is 17.4 Å². The monoisotopic (exact) mass is 872 g/mol. The van der Waals surface area contributed by atoms with Gasteiger partial charge in [-0.15, -0.1) is 12.4 Å². The molecule has 4 aromatic rings. The van der Waals surface area contributed by atoms with Crippen LogP contribution in [-0.4, -0.2) is 101 Å². The fourth-order valence-corrected chi connectivity index (χ4v) is 8.32. The number of hydrogen-bond acceptors (Lipinski definition) is 13. The number of benzene rings is 2. The minimum absolute atomic E-state index is 0. The van der Waals surface area contributed by atoms with E-state index in [4.69, 9.17) is 16.2 Å². The highest BCUT2D eigenvalue weighted by atomic mass is 35.5. The molecule has 0 aliphatic carbocycles. The van der Waals surface area contributed by atoms with Crippen LogP contribution in [-0.2, 0) is 4.74 Å². The molecule has 4 aliphatic heterocycles. The fraction of sp³-hybridized carbons (Fsp3) is 0.489. The smallest absolute Gasteiger partial charge is 0.410 e. The van der Waals surface area contributed by atoms with Crippen molar-refractivity contribution >= 4 is 65.0 Å². The van der Waals surface area contributed by atoms with Gasteiger partial charge in [0, 0.05) is 53.5 Å². The summed E-state index contributed by atoms with van der Waals surface area (Å²) in [6.07, 6.45) is 11.7. The number of amides is 3. The van der Waals surface area contributed by atoms with Gasteiger partial charge in [-0.05, 0) is 132 Å². The van der Waals surface area contributed by atoms with Crippen LogP contribution in [0, 0.1) is 0 Å². The molecule has 0 bridgehead atoms. The van der Waals surface area contributed by atoms with E-state index in [1.165, 1.54) is 24.0 Å². The van der Waals surface area contributed by atoms with E-state index in [-0.39, 0.29) is 32.7 Å². The molecular weight excluding hydrogens is 808 g/mol. The molecule has 4 saturated heterocycles. The first-order valence-electron chi connectivity index (χ1n) is 21.7. The number of nitrogens with two attached hydrogens (primary N) is 2. The lowest BCUT2D eigenvalue weighted by molar-refractivity contribution is 0.0204. The predicted molar refractivity (Wildman–Crippen MR) is 250 cm³/mol. The van der Waals surface area contributed by atoms with E-state index in [1.807, 2.05) is 45.0 Å². The van der Waals surface area contributed by atoms with Crippen molar-refractivity contribution in [3.05, 3.63) is 83.4 Å². The fourth-order valence-electron chi connectivity index (χ4n) is 8.32. The lowest BCUT2D eigenvalue weighted by Gasteiger charge is -2.33. The summed E-state index contributed by atoms with van der Waals surface area (Å²) in [5, 5.41) is 9.85. The van der Waals surface area contributed by atoms with E-state index in [0.717, 1.165) is 101 Å². The number of likely N-dealkylation sites (tertiary alicyclic amines) is 1. The molecule has 7 N–H and O–H groups in total. The molecule has 0 saturated carbocycles. The lowest BCUT2D eigenvalue weighted by atomic mass is 9.89. The number of carbonyl (C=O) groups excluding carboxylic acids is 3. The minimum atomic E-state index is -0.615. The van der Waals surface area contributed by atoms with Crippen molar-refractivity contribution in [2.75, 3.05) is 72.8 Å². The first kappa shape index (κ1) is 45.8. The van der Waals surface area contributed by atoms with Gasteiger partial charge < -0.3 is 46.9 Å². The summed E-state index contributed by atoms with van der Waals surface area (Å²) >= 11 is 0. The first-order valence-corrected chi connectivity index (χ1v) is 21.7. The molecule has 336 valence electrons. The highest BCUT2D eigenvalue weighted by Crippen LogP contribution is 2.32. The molecule has 17 heteroatoms. The number of rotatable bonds is 10. The second-order valence-electron chi connectivity index (χ2n) is 17.2. The maximum Gasteiger partial charge on any atom is 0.410 e. The number of hydrogen-bond donors (Lipinski definition) is 5. The van der Waals surface area contributed by atoms with Gasteiger partial charge in [0.05, 0.1) is 12.4 Å². The highest BCUT2D eigenvalue weighted by Gasteiger charge is 2.28. The van der Waals surface area contributed by atoms with E-state index >= 15 is 0 Å². The summed E-state index contributed by atoms with van der Waals surface area (Å²) in [5.41, 5.74) is 15.1. The third-order valence-electron chi connectivity index (χ3n) is 11.6. The zero-order valence-corrected chi connectivity index (χ0v) is 36.9. The van der Waals surface area contributed by atoms with Gasteiger partial charge in [0.1, 0.15) is 17.2 Å². The summed E-state index contributed by atoms with van der Waals surface area (Å²) < 4.78 is 5.49. The van der Waals surface area contributed by atoms with Gasteiger partial charge in [-0.2, -0.15) is 0 Å². The molecule has 4 fully saturated rings. The van der Waals surface area contributed by atoms with Crippen LogP contribution in [0.3, 0.4) is 0 Å². The second-order valence-corrected chi connectivity index (χ2v) is 17.2. The molecule has 16 nitrogen and oxygen atoms in total. The van der Waals surface area contributed by atoms with Crippen molar-refractivity contribution in [1.29, 1.82) is 0 Å².